The van der Waals surface area contributed by atoms with Crippen molar-refractivity contribution in [3.05, 3.63) is 53.6 Å². The number of fused-ring (bicyclic) bond motifs is 1. The number of amides is 1. The van der Waals surface area contributed by atoms with E-state index in [0.717, 1.165) is 11.1 Å². The van der Waals surface area contributed by atoms with Crippen molar-refractivity contribution in [1.29, 1.82) is 0 Å². The molecule has 0 spiro atoms. The number of sulfonamides is 2. The lowest BCUT2D eigenvalue weighted by Gasteiger charge is -2.29. The van der Waals surface area contributed by atoms with Crippen LogP contribution in [0.4, 0.5) is 5.69 Å². The molecular weight excluding hydrogens is 428 g/mol. The van der Waals surface area contributed by atoms with Gasteiger partial charge in [-0.05, 0) is 42.7 Å². The molecule has 0 N–H and O–H groups in total. The summed E-state index contributed by atoms with van der Waals surface area (Å²) in [5.74, 6) is -0.733. The van der Waals surface area contributed by atoms with Crippen molar-refractivity contribution in [3.8, 4) is 5.75 Å². The van der Waals surface area contributed by atoms with E-state index in [2.05, 4.69) is 0 Å². The Balaban J connectivity index is 1.77. The molecule has 1 saturated heterocycles. The minimum atomic E-state index is -3.99. The van der Waals surface area contributed by atoms with Gasteiger partial charge in [0.2, 0.25) is 26.0 Å². The van der Waals surface area contributed by atoms with Gasteiger partial charge in [-0.15, -0.1) is 0 Å². The highest BCUT2D eigenvalue weighted by atomic mass is 32.2. The average Bonchev–Trinajstić information content (AvgIpc) is 3.00. The molecule has 0 saturated carbocycles. The van der Waals surface area contributed by atoms with E-state index in [1.807, 2.05) is 24.3 Å². The second-order valence-corrected chi connectivity index (χ2v) is 11.0. The van der Waals surface area contributed by atoms with Gasteiger partial charge in [-0.25, -0.2) is 21.1 Å². The molecule has 0 aliphatic carbocycles. The van der Waals surface area contributed by atoms with E-state index in [-0.39, 0.29) is 41.7 Å². The predicted molar refractivity (Wildman–Crippen MR) is 111 cm³/mol. The smallest absolute Gasteiger partial charge is 0.247 e. The van der Waals surface area contributed by atoms with Gasteiger partial charge >= 0.3 is 0 Å². The topological polar surface area (TPSA) is 101 Å². The molecule has 0 aromatic heterocycles. The van der Waals surface area contributed by atoms with Gasteiger partial charge in [0.1, 0.15) is 10.6 Å². The predicted octanol–water partition coefficient (Wildman–Crippen LogP) is 1.90. The van der Waals surface area contributed by atoms with Gasteiger partial charge in [-0.1, -0.05) is 24.3 Å². The quantitative estimate of drug-likeness (QED) is 0.690. The highest BCUT2D eigenvalue weighted by Crippen LogP contribution is 2.35. The molecule has 4 rings (SSSR count). The van der Waals surface area contributed by atoms with E-state index in [1.165, 1.54) is 22.5 Å². The Kier molecular flexibility index (Phi) is 5.33. The summed E-state index contributed by atoms with van der Waals surface area (Å²) in [7, 11) is -7.80. The monoisotopic (exact) mass is 450 g/mol. The summed E-state index contributed by atoms with van der Waals surface area (Å²) in [5, 5.41) is 0. The third-order valence-corrected chi connectivity index (χ3v) is 8.81. The molecule has 2 aromatic rings. The second kappa shape index (κ2) is 7.68. The van der Waals surface area contributed by atoms with E-state index in [1.54, 1.807) is 6.92 Å². The van der Waals surface area contributed by atoms with Crippen LogP contribution in [0.15, 0.2) is 47.4 Å². The molecular formula is C20H22N2O6S2. The third-order valence-electron chi connectivity index (χ3n) is 5.25. The Hall–Kier alpha value is -2.43. The van der Waals surface area contributed by atoms with Crippen molar-refractivity contribution in [2.24, 2.45) is 0 Å². The molecule has 1 amide bonds. The first-order chi connectivity index (χ1) is 14.2. The molecule has 2 aliphatic rings. The molecule has 0 bridgehead atoms. The number of rotatable bonds is 5. The molecule has 8 nitrogen and oxygen atoms in total. The van der Waals surface area contributed by atoms with Crippen LogP contribution < -0.4 is 9.04 Å². The molecule has 0 unspecified atom stereocenters. The van der Waals surface area contributed by atoms with Gasteiger partial charge in [0.15, 0.2) is 0 Å². The van der Waals surface area contributed by atoms with Gasteiger partial charge in [0.25, 0.3) is 0 Å². The van der Waals surface area contributed by atoms with Crippen LogP contribution in [0.5, 0.6) is 5.75 Å². The normalized spacial score (nSPS) is 19.0. The second-order valence-electron chi connectivity index (χ2n) is 7.15. The largest absolute Gasteiger partial charge is 0.492 e. The summed E-state index contributed by atoms with van der Waals surface area (Å²) in [6.45, 7) is 2.49. The van der Waals surface area contributed by atoms with Crippen LogP contribution >= 0.6 is 0 Å². The zero-order chi connectivity index (χ0) is 21.5. The lowest BCUT2D eigenvalue weighted by molar-refractivity contribution is -0.116. The maximum absolute atomic E-state index is 13.5. The summed E-state index contributed by atoms with van der Waals surface area (Å²) >= 11 is 0. The number of hydrogen-bond donors (Lipinski definition) is 0. The van der Waals surface area contributed by atoms with Crippen LogP contribution in [0.25, 0.3) is 0 Å². The first kappa shape index (κ1) is 20.8. The number of carbonyl (C=O) groups excluding carboxylic acids is 1. The fraction of sp³-hybridized carbons (Fsp3) is 0.350. The van der Waals surface area contributed by atoms with E-state index in [0.29, 0.717) is 17.3 Å². The van der Waals surface area contributed by atoms with Gasteiger partial charge in [-0.3, -0.25) is 4.79 Å². The highest BCUT2D eigenvalue weighted by molar-refractivity contribution is 7.94. The van der Waals surface area contributed by atoms with Gasteiger partial charge < -0.3 is 4.74 Å². The van der Waals surface area contributed by atoms with E-state index < -0.39 is 26.0 Å². The van der Waals surface area contributed by atoms with Gasteiger partial charge in [0, 0.05) is 19.5 Å². The molecule has 2 aliphatic heterocycles. The van der Waals surface area contributed by atoms with Gasteiger partial charge in [0.05, 0.1) is 18.0 Å². The van der Waals surface area contributed by atoms with Crippen LogP contribution in [0.1, 0.15) is 24.5 Å². The summed E-state index contributed by atoms with van der Waals surface area (Å²) in [6, 6.07) is 11.7. The summed E-state index contributed by atoms with van der Waals surface area (Å²) in [5.41, 5.74) is 2.05. The van der Waals surface area contributed by atoms with Crippen LogP contribution in [0.3, 0.4) is 0 Å². The molecule has 2 heterocycles. The summed E-state index contributed by atoms with van der Waals surface area (Å²) in [6.07, 6.45) is 0.457. The van der Waals surface area contributed by atoms with Crippen molar-refractivity contribution < 1.29 is 26.4 Å². The maximum Gasteiger partial charge on any atom is 0.247 e. The van der Waals surface area contributed by atoms with Crippen LogP contribution in [-0.4, -0.2) is 46.0 Å². The lowest BCUT2D eigenvalue weighted by Crippen LogP contribution is -2.36. The van der Waals surface area contributed by atoms with Crippen LogP contribution in [0.2, 0.25) is 0 Å². The number of ether oxygens (including phenoxy) is 1. The number of anilines is 1. The fourth-order valence-electron chi connectivity index (χ4n) is 3.78. The summed E-state index contributed by atoms with van der Waals surface area (Å²) < 4.78 is 59.2. The van der Waals surface area contributed by atoms with Crippen LogP contribution in [0, 0.1) is 0 Å². The minimum absolute atomic E-state index is 0.0111. The number of carbonyl (C=O) groups is 1. The zero-order valence-corrected chi connectivity index (χ0v) is 18.1. The van der Waals surface area contributed by atoms with Crippen molar-refractivity contribution in [2.75, 3.05) is 23.2 Å². The molecule has 0 radical (unpaired) electrons. The SMILES string of the molecule is CCOc1ccc(N2C(=O)CCS2(=O)=O)cc1S(=O)(=O)N1CCc2ccccc2C1. The first-order valence-electron chi connectivity index (χ1n) is 9.63. The van der Waals surface area contributed by atoms with Crippen molar-refractivity contribution in [2.45, 2.75) is 31.2 Å². The molecule has 1 fully saturated rings. The van der Waals surface area contributed by atoms with E-state index in [9.17, 15) is 21.6 Å². The number of nitrogens with zero attached hydrogens (tertiary/aromatic N) is 2. The Labute approximate surface area is 176 Å². The minimum Gasteiger partial charge on any atom is -0.492 e. The highest BCUT2D eigenvalue weighted by Gasteiger charge is 2.38. The third kappa shape index (κ3) is 3.59. The Morgan fingerprint density at radius 2 is 1.80 bits per heavy atom. The number of hydrogen-bond acceptors (Lipinski definition) is 6. The molecule has 10 heteroatoms. The van der Waals surface area contributed by atoms with E-state index >= 15 is 0 Å². The van der Waals surface area contributed by atoms with Crippen molar-refractivity contribution >= 4 is 31.6 Å². The Bertz CT molecular complexity index is 1210. The zero-order valence-electron chi connectivity index (χ0n) is 16.4. The molecule has 0 atom stereocenters. The Morgan fingerprint density at radius 1 is 1.07 bits per heavy atom. The molecule has 30 heavy (non-hydrogen) atoms. The van der Waals surface area contributed by atoms with Crippen LogP contribution in [-0.2, 0) is 37.8 Å². The standard InChI is InChI=1S/C20H22N2O6S2/c1-2-28-18-8-7-17(22-20(23)10-12-29(22,24)25)13-19(18)30(26,27)21-11-9-15-5-3-4-6-16(15)14-21/h3-8,13H,2,9-12,14H2,1H3. The summed E-state index contributed by atoms with van der Waals surface area (Å²) in [4.78, 5) is 12.0. The number of benzene rings is 2. The Morgan fingerprint density at radius 3 is 2.47 bits per heavy atom. The maximum atomic E-state index is 13.5. The lowest BCUT2D eigenvalue weighted by atomic mass is 10.0. The van der Waals surface area contributed by atoms with E-state index in [4.69, 9.17) is 4.74 Å². The van der Waals surface area contributed by atoms with Gasteiger partial charge in [-0.2, -0.15) is 4.31 Å². The molecule has 2 aromatic carbocycles. The van der Waals surface area contributed by atoms with Crippen molar-refractivity contribution in [1.82, 2.24) is 4.31 Å². The van der Waals surface area contributed by atoms with Crippen molar-refractivity contribution in [3.63, 3.8) is 0 Å². The average molecular weight is 451 g/mol. The molecule has 160 valence electrons. The fourth-order valence-corrected chi connectivity index (χ4v) is 6.80. The first-order valence-corrected chi connectivity index (χ1v) is 12.7.